The molecular weight excluding hydrogens is 246 g/mol. The van der Waals surface area contributed by atoms with Crippen molar-refractivity contribution in [2.75, 3.05) is 29.6 Å². The average Bonchev–Trinajstić information content (AvgIpc) is 2.18. The standard InChI is InChI=1S/C9H13N3O4S/c1-17(15,16)5-4-11-8-6(10)2-3-7(12-8)9(13)14/h2-3H,4-5,10H2,1H3,(H,11,12)(H,13,14). The molecule has 0 aromatic carbocycles. The van der Waals surface area contributed by atoms with Gasteiger partial charge in [-0.2, -0.15) is 0 Å². The lowest BCUT2D eigenvalue weighted by Crippen LogP contribution is -2.16. The van der Waals surface area contributed by atoms with Crippen LogP contribution < -0.4 is 11.1 Å². The van der Waals surface area contributed by atoms with Crippen LogP contribution >= 0.6 is 0 Å². The van der Waals surface area contributed by atoms with Crippen LogP contribution in [0.2, 0.25) is 0 Å². The van der Waals surface area contributed by atoms with Crippen LogP contribution in [-0.4, -0.2) is 43.0 Å². The van der Waals surface area contributed by atoms with Gasteiger partial charge in [-0.1, -0.05) is 0 Å². The molecule has 0 fully saturated rings. The Bertz CT molecular complexity index is 527. The van der Waals surface area contributed by atoms with Gasteiger partial charge in [-0.15, -0.1) is 0 Å². The molecule has 0 saturated heterocycles. The number of sulfone groups is 1. The summed E-state index contributed by atoms with van der Waals surface area (Å²) in [6.45, 7) is 0.124. The van der Waals surface area contributed by atoms with Gasteiger partial charge in [0.15, 0.2) is 5.69 Å². The second kappa shape index (κ2) is 5.00. The molecule has 0 spiro atoms. The van der Waals surface area contributed by atoms with Crippen LogP contribution in [0.4, 0.5) is 11.5 Å². The number of aromatic nitrogens is 1. The Morgan fingerprint density at radius 2 is 2.18 bits per heavy atom. The van der Waals surface area contributed by atoms with Crippen molar-refractivity contribution >= 4 is 27.3 Å². The zero-order valence-electron chi connectivity index (χ0n) is 9.17. The number of aromatic carboxylic acids is 1. The average molecular weight is 259 g/mol. The van der Waals surface area contributed by atoms with E-state index in [1.165, 1.54) is 12.1 Å². The normalized spacial score (nSPS) is 11.1. The third-order valence-corrected chi connectivity index (χ3v) is 2.86. The fourth-order valence-corrected chi connectivity index (χ4v) is 1.56. The van der Waals surface area contributed by atoms with Gasteiger partial charge < -0.3 is 16.2 Å². The van der Waals surface area contributed by atoms with E-state index in [9.17, 15) is 13.2 Å². The van der Waals surface area contributed by atoms with Crippen LogP contribution in [0.5, 0.6) is 0 Å². The van der Waals surface area contributed by atoms with E-state index in [-0.39, 0.29) is 29.5 Å². The van der Waals surface area contributed by atoms with E-state index in [4.69, 9.17) is 10.8 Å². The minimum Gasteiger partial charge on any atom is -0.477 e. The second-order valence-electron chi connectivity index (χ2n) is 3.50. The van der Waals surface area contributed by atoms with Crippen LogP contribution in [0.1, 0.15) is 10.5 Å². The van der Waals surface area contributed by atoms with E-state index in [2.05, 4.69) is 10.3 Å². The van der Waals surface area contributed by atoms with Crippen molar-refractivity contribution in [1.82, 2.24) is 4.98 Å². The van der Waals surface area contributed by atoms with Crippen LogP contribution in [-0.2, 0) is 9.84 Å². The second-order valence-corrected chi connectivity index (χ2v) is 5.76. The van der Waals surface area contributed by atoms with Gasteiger partial charge in [0.1, 0.15) is 15.7 Å². The number of anilines is 2. The van der Waals surface area contributed by atoms with Crippen molar-refractivity contribution in [2.24, 2.45) is 0 Å². The van der Waals surface area contributed by atoms with E-state index < -0.39 is 15.8 Å². The number of nitrogens with one attached hydrogen (secondary N) is 1. The summed E-state index contributed by atoms with van der Waals surface area (Å²) < 4.78 is 21.8. The first-order chi connectivity index (χ1) is 7.79. The predicted molar refractivity (Wildman–Crippen MR) is 63.8 cm³/mol. The molecule has 0 aliphatic rings. The minimum atomic E-state index is -3.08. The summed E-state index contributed by atoms with van der Waals surface area (Å²) in [5.74, 6) is -1.07. The van der Waals surface area contributed by atoms with Gasteiger partial charge in [-0.05, 0) is 12.1 Å². The lowest BCUT2D eigenvalue weighted by atomic mass is 10.3. The van der Waals surface area contributed by atoms with E-state index in [1.807, 2.05) is 0 Å². The number of hydrogen-bond acceptors (Lipinski definition) is 6. The number of nitrogens with zero attached hydrogens (tertiary/aromatic N) is 1. The molecule has 1 aromatic rings. The van der Waals surface area contributed by atoms with Crippen molar-refractivity contribution in [3.8, 4) is 0 Å². The molecule has 0 radical (unpaired) electrons. The number of carbonyl (C=O) groups is 1. The zero-order valence-corrected chi connectivity index (χ0v) is 9.99. The highest BCUT2D eigenvalue weighted by molar-refractivity contribution is 7.90. The third kappa shape index (κ3) is 4.27. The SMILES string of the molecule is CS(=O)(=O)CCNc1nc(C(=O)O)ccc1N. The first-order valence-electron chi connectivity index (χ1n) is 4.71. The summed E-state index contributed by atoms with van der Waals surface area (Å²) in [5, 5.41) is 11.4. The van der Waals surface area contributed by atoms with Crippen LogP contribution in [0.25, 0.3) is 0 Å². The van der Waals surface area contributed by atoms with Gasteiger partial charge in [-0.25, -0.2) is 18.2 Å². The maximum absolute atomic E-state index is 10.9. The lowest BCUT2D eigenvalue weighted by molar-refractivity contribution is 0.0690. The van der Waals surface area contributed by atoms with Crippen LogP contribution in [0, 0.1) is 0 Å². The highest BCUT2D eigenvalue weighted by Gasteiger charge is 2.09. The van der Waals surface area contributed by atoms with Crippen molar-refractivity contribution in [3.05, 3.63) is 17.8 Å². The Morgan fingerprint density at radius 3 is 2.71 bits per heavy atom. The number of nitrogens with two attached hydrogens (primary N) is 1. The smallest absolute Gasteiger partial charge is 0.354 e. The van der Waals surface area contributed by atoms with Gasteiger partial charge in [0.05, 0.1) is 11.4 Å². The van der Waals surface area contributed by atoms with Crippen molar-refractivity contribution in [3.63, 3.8) is 0 Å². The fraction of sp³-hybridized carbons (Fsp3) is 0.333. The third-order valence-electron chi connectivity index (χ3n) is 1.91. The molecule has 1 rings (SSSR count). The summed E-state index contributed by atoms with van der Waals surface area (Å²) in [6, 6.07) is 2.68. The van der Waals surface area contributed by atoms with Crippen LogP contribution in [0.3, 0.4) is 0 Å². The number of nitrogen functional groups attached to an aromatic ring is 1. The Hall–Kier alpha value is -1.83. The molecule has 0 aliphatic heterocycles. The number of pyridine rings is 1. The Labute approximate surface area is 98.6 Å². The van der Waals surface area contributed by atoms with Crippen LogP contribution in [0.15, 0.2) is 12.1 Å². The molecule has 0 bridgehead atoms. The number of carboxylic acid groups (broad SMARTS) is 1. The monoisotopic (exact) mass is 259 g/mol. The van der Waals surface area contributed by atoms with E-state index >= 15 is 0 Å². The van der Waals surface area contributed by atoms with Gasteiger partial charge in [0.2, 0.25) is 0 Å². The zero-order chi connectivity index (χ0) is 13.1. The van der Waals surface area contributed by atoms with Crippen molar-refractivity contribution in [1.29, 1.82) is 0 Å². The fourth-order valence-electron chi connectivity index (χ4n) is 1.09. The maximum atomic E-state index is 10.9. The largest absolute Gasteiger partial charge is 0.477 e. The van der Waals surface area contributed by atoms with Crippen molar-refractivity contribution in [2.45, 2.75) is 0 Å². The quantitative estimate of drug-likeness (QED) is 0.670. The molecular formula is C9H13N3O4S. The van der Waals surface area contributed by atoms with E-state index in [0.29, 0.717) is 0 Å². The van der Waals surface area contributed by atoms with Gasteiger partial charge in [-0.3, -0.25) is 0 Å². The number of hydrogen-bond donors (Lipinski definition) is 3. The molecule has 8 heteroatoms. The summed E-state index contributed by atoms with van der Waals surface area (Å²) in [7, 11) is -3.08. The molecule has 0 saturated carbocycles. The number of carboxylic acids is 1. The summed E-state index contributed by atoms with van der Waals surface area (Å²) in [4.78, 5) is 14.4. The summed E-state index contributed by atoms with van der Waals surface area (Å²) in [5.41, 5.74) is 5.69. The number of rotatable bonds is 5. The topological polar surface area (TPSA) is 122 Å². The molecule has 0 aliphatic carbocycles. The summed E-state index contributed by atoms with van der Waals surface area (Å²) >= 11 is 0. The lowest BCUT2D eigenvalue weighted by Gasteiger charge is -2.08. The molecule has 1 heterocycles. The van der Waals surface area contributed by atoms with E-state index in [1.54, 1.807) is 0 Å². The first kappa shape index (κ1) is 13.2. The molecule has 0 unspecified atom stereocenters. The Kier molecular flexibility index (Phi) is 3.89. The highest BCUT2D eigenvalue weighted by atomic mass is 32.2. The predicted octanol–water partition coefficient (Wildman–Crippen LogP) is -0.181. The van der Waals surface area contributed by atoms with Gasteiger partial charge in [0, 0.05) is 12.8 Å². The molecule has 17 heavy (non-hydrogen) atoms. The van der Waals surface area contributed by atoms with Crippen molar-refractivity contribution < 1.29 is 18.3 Å². The Balaban J connectivity index is 2.76. The minimum absolute atomic E-state index is 0.0780. The van der Waals surface area contributed by atoms with Gasteiger partial charge in [0.25, 0.3) is 0 Å². The molecule has 0 amide bonds. The molecule has 1 aromatic heterocycles. The molecule has 0 atom stereocenters. The van der Waals surface area contributed by atoms with Gasteiger partial charge >= 0.3 is 5.97 Å². The first-order valence-corrected chi connectivity index (χ1v) is 6.77. The molecule has 7 nitrogen and oxygen atoms in total. The van der Waals surface area contributed by atoms with E-state index in [0.717, 1.165) is 6.26 Å². The highest BCUT2D eigenvalue weighted by Crippen LogP contribution is 2.15. The maximum Gasteiger partial charge on any atom is 0.354 e. The Morgan fingerprint density at radius 1 is 1.53 bits per heavy atom. The summed E-state index contributed by atoms with van der Waals surface area (Å²) in [6.07, 6.45) is 1.11. The molecule has 4 N–H and O–H groups in total. The molecule has 94 valence electrons.